The van der Waals surface area contributed by atoms with Crippen LogP contribution in [0.1, 0.15) is 101 Å². The van der Waals surface area contributed by atoms with E-state index in [0.29, 0.717) is 39.1 Å². The summed E-state index contributed by atoms with van der Waals surface area (Å²) in [6, 6.07) is 62.4. The first kappa shape index (κ1) is 46.5. The molecule has 0 N–H and O–H groups in total. The van der Waals surface area contributed by atoms with Crippen molar-refractivity contribution in [2.24, 2.45) is 0 Å². The van der Waals surface area contributed by atoms with Gasteiger partial charge in [0.2, 0.25) is 0 Å². The summed E-state index contributed by atoms with van der Waals surface area (Å²) in [6.45, 7) is 19.3. The average molecular weight is 1330 g/mol. The second-order valence-corrected chi connectivity index (χ2v) is 30.2. The lowest BCUT2D eigenvalue weighted by Gasteiger charge is -2.45. The Morgan fingerprint density at radius 3 is 1.22 bits per heavy atom. The number of fused-ring (bicyclic) bond motifs is 13. The van der Waals surface area contributed by atoms with Crippen molar-refractivity contribution in [1.82, 2.24) is 9.13 Å². The number of furan rings is 1. The van der Waals surface area contributed by atoms with Crippen LogP contribution in [0.3, 0.4) is 0 Å². The molecule has 102 heavy (non-hydrogen) atoms. The van der Waals surface area contributed by atoms with Crippen LogP contribution >= 0.6 is 0 Å². The summed E-state index contributed by atoms with van der Waals surface area (Å²) in [7, 11) is 0. The minimum Gasteiger partial charge on any atom is -0.452 e. The SMILES string of the molecule is [2H]c1c([2H])c([2H])c2c(c1[2H])c1c([2H])c([2H])c([2H])c([2H])c1n2-c1cc2c3c(c1)N(c1cccc4c1oc1c(-n5c6c([2H])c([2H])c([2H])c([2H])c6c6c([2H])c([2H])c([2H])c([2H])c65)cccc14)c1cc(-c4cccc(C(C)(C)C)c4)ccc1B3c1ccc(-c3cc(C(C)(C)C)cc(C(C)(C)C)c3)cc1N2c1cc(-c2ccccc2)cc(-c2ccccc2)c1. The van der Waals surface area contributed by atoms with Gasteiger partial charge in [-0.05, 0) is 173 Å². The number of nitrogens with zero attached hydrogens (tertiary/aromatic N) is 4. The summed E-state index contributed by atoms with van der Waals surface area (Å²) in [4.78, 5) is 4.44. The van der Waals surface area contributed by atoms with Gasteiger partial charge in [-0.25, -0.2) is 0 Å². The highest BCUT2D eigenvalue weighted by atomic mass is 16.3. The number of benzene rings is 14. The van der Waals surface area contributed by atoms with E-state index in [9.17, 15) is 16.4 Å². The molecule has 0 aliphatic carbocycles. The van der Waals surface area contributed by atoms with Gasteiger partial charge in [0, 0.05) is 60.8 Å². The molecule has 0 radical (unpaired) electrons. The fourth-order valence-corrected chi connectivity index (χ4v) is 15.6. The van der Waals surface area contributed by atoms with Crippen LogP contribution in [0.5, 0.6) is 0 Å². The molecule has 0 spiro atoms. The van der Waals surface area contributed by atoms with Crippen LogP contribution in [0.2, 0.25) is 0 Å². The van der Waals surface area contributed by atoms with Crippen molar-refractivity contribution in [2.75, 3.05) is 9.80 Å². The van der Waals surface area contributed by atoms with Crippen LogP contribution < -0.4 is 26.2 Å². The van der Waals surface area contributed by atoms with E-state index in [4.69, 9.17) is 9.90 Å². The topological polar surface area (TPSA) is 29.5 Å². The van der Waals surface area contributed by atoms with Gasteiger partial charge in [0.1, 0.15) is 0 Å². The van der Waals surface area contributed by atoms with Gasteiger partial charge >= 0.3 is 0 Å². The standard InChI is InChI=1S/C96H77BN4O/c1-94(2,3)68-32-24-31-62(50-68)63-45-47-80-88(55-63)101(86-44-26-38-78-77-37-25-43-85(92(77)102-93(78)86)100-83-41-22-18-35-75(83)76-36-19-23-42-84(76)100)90-59-72(98-81-39-20-16-33-73(81)74-34-17-21-40-82(74)98)58-89-91(90)97(80)79-48-46-64(67-51-69(95(4,5)6)57-70(52-67)96(7,8)9)56-87(79)99(89)71-53-65(60-27-12-10-13-28-60)49-66(54-71)61-29-14-11-15-30-61/h10-59H,1-9H3/i16D,17D,18D,19D,20D,21D,22D,23D,33D,34D,35D,36D,39D,40D,41D,42D. The van der Waals surface area contributed by atoms with Gasteiger partial charge in [-0.1, -0.05) is 286 Å². The minimum atomic E-state index is -0.624. The van der Waals surface area contributed by atoms with E-state index in [1.165, 1.54) is 4.57 Å². The molecule has 6 heteroatoms. The Labute approximate surface area is 619 Å². The molecule has 19 rings (SSSR count). The third-order valence-electron chi connectivity index (χ3n) is 20.8. The van der Waals surface area contributed by atoms with Crippen molar-refractivity contribution in [3.8, 4) is 55.9 Å². The highest BCUT2D eigenvalue weighted by Crippen LogP contribution is 2.52. The Morgan fingerprint density at radius 2 is 0.696 bits per heavy atom. The van der Waals surface area contributed by atoms with E-state index < -0.39 is 103 Å². The highest BCUT2D eigenvalue weighted by molar-refractivity contribution is 7.00. The fraction of sp³-hybridized carbons (Fsp3) is 0.125. The zero-order valence-electron chi connectivity index (χ0n) is 73.9. The largest absolute Gasteiger partial charge is 0.452 e. The summed E-state index contributed by atoms with van der Waals surface area (Å²) in [6.07, 6.45) is 0. The summed E-state index contributed by atoms with van der Waals surface area (Å²) in [5, 5.41) is 0.754. The number of aromatic nitrogens is 2. The Bertz CT molecular complexity index is 7050. The van der Waals surface area contributed by atoms with Gasteiger partial charge in [-0.3, -0.25) is 0 Å². The highest BCUT2D eigenvalue weighted by Gasteiger charge is 2.45. The van der Waals surface area contributed by atoms with Gasteiger partial charge in [-0.2, -0.15) is 0 Å². The van der Waals surface area contributed by atoms with E-state index in [1.807, 2.05) is 72.8 Å². The monoisotopic (exact) mass is 1330 g/mol. The fourth-order valence-electron chi connectivity index (χ4n) is 15.6. The Morgan fingerprint density at radius 1 is 0.284 bits per heavy atom. The van der Waals surface area contributed by atoms with Crippen LogP contribution in [0.15, 0.2) is 307 Å². The molecule has 2 aliphatic rings. The number of rotatable bonds is 8. The molecule has 490 valence electrons. The summed E-state index contributed by atoms with van der Waals surface area (Å²) >= 11 is 0. The van der Waals surface area contributed by atoms with E-state index in [2.05, 4.69) is 193 Å². The number of anilines is 6. The Balaban J connectivity index is 1.00. The minimum absolute atomic E-state index is 0.0805. The first-order valence-electron chi connectivity index (χ1n) is 42.7. The predicted molar refractivity (Wildman–Crippen MR) is 434 cm³/mol. The Kier molecular flexibility index (Phi) is 10.4. The quantitative estimate of drug-likeness (QED) is 0.142. The summed E-state index contributed by atoms with van der Waals surface area (Å²) in [5.74, 6) is 0. The number of hydrogen-bond acceptors (Lipinski definition) is 3. The van der Waals surface area contributed by atoms with Gasteiger partial charge in [0.25, 0.3) is 6.71 Å². The lowest BCUT2D eigenvalue weighted by Crippen LogP contribution is -2.61. The first-order chi connectivity index (χ1) is 56.1. The van der Waals surface area contributed by atoms with Crippen LogP contribution in [-0.4, -0.2) is 15.8 Å². The van der Waals surface area contributed by atoms with Gasteiger partial charge in [0.15, 0.2) is 11.2 Å². The predicted octanol–water partition coefficient (Wildman–Crippen LogP) is 24.4. The molecule has 0 bridgehead atoms. The van der Waals surface area contributed by atoms with Gasteiger partial charge in [0.05, 0.1) is 61.1 Å². The maximum Gasteiger partial charge on any atom is 0.252 e. The molecule has 17 aromatic rings. The third-order valence-corrected chi connectivity index (χ3v) is 20.8. The lowest BCUT2D eigenvalue weighted by molar-refractivity contribution is 0.569. The second-order valence-electron chi connectivity index (χ2n) is 30.2. The van der Waals surface area contributed by atoms with E-state index in [0.717, 1.165) is 89.0 Å². The molecule has 14 aromatic carbocycles. The van der Waals surface area contributed by atoms with Crippen LogP contribution in [0.4, 0.5) is 34.1 Å². The van der Waals surface area contributed by atoms with Crippen molar-refractivity contribution < 1.29 is 26.3 Å². The molecule has 0 saturated heterocycles. The summed E-state index contributed by atoms with van der Waals surface area (Å²) in [5.41, 5.74) is 17.2. The number of hydrogen-bond donors (Lipinski definition) is 0. The summed E-state index contributed by atoms with van der Waals surface area (Å²) < 4.78 is 162. The van der Waals surface area contributed by atoms with Crippen molar-refractivity contribution in [2.45, 2.75) is 78.6 Å². The second kappa shape index (κ2) is 22.8. The molecule has 0 atom stereocenters. The molecular weight excluding hydrogens is 1240 g/mol. The van der Waals surface area contributed by atoms with E-state index >= 15 is 0 Å². The molecule has 0 fully saturated rings. The van der Waals surface area contributed by atoms with Crippen molar-refractivity contribution >= 4 is 123 Å². The zero-order valence-corrected chi connectivity index (χ0v) is 57.9. The molecule has 0 unspecified atom stereocenters. The maximum absolute atomic E-state index is 10.1. The van der Waals surface area contributed by atoms with Crippen LogP contribution in [-0.2, 0) is 16.2 Å². The molecule has 0 saturated carbocycles. The molecule has 5 nitrogen and oxygen atoms in total. The lowest BCUT2D eigenvalue weighted by atomic mass is 9.33. The molecule has 3 aromatic heterocycles. The zero-order chi connectivity index (χ0) is 83.0. The molecule has 2 aliphatic heterocycles. The van der Waals surface area contributed by atoms with Crippen LogP contribution in [0, 0.1) is 0 Å². The molecule has 0 amide bonds. The average Bonchev–Trinajstić information content (AvgIpc) is 1.17. The Hall–Kier alpha value is -11.9. The molecular formula is C96H77BN4O. The normalized spacial score (nSPS) is 15.3. The third kappa shape index (κ3) is 9.74. The van der Waals surface area contributed by atoms with Crippen molar-refractivity contribution in [1.29, 1.82) is 0 Å². The van der Waals surface area contributed by atoms with Gasteiger partial charge < -0.3 is 23.4 Å². The van der Waals surface area contributed by atoms with Gasteiger partial charge in [-0.15, -0.1) is 0 Å². The maximum atomic E-state index is 10.1. The van der Waals surface area contributed by atoms with E-state index in [1.54, 1.807) is 16.7 Å². The van der Waals surface area contributed by atoms with Crippen molar-refractivity contribution in [3.05, 3.63) is 320 Å². The van der Waals surface area contributed by atoms with Crippen molar-refractivity contribution in [3.63, 3.8) is 0 Å². The van der Waals surface area contributed by atoms with Crippen LogP contribution in [0.25, 0.3) is 121 Å². The number of para-hydroxylation sites is 6. The smallest absolute Gasteiger partial charge is 0.252 e. The van der Waals surface area contributed by atoms with E-state index in [-0.39, 0.29) is 76.8 Å². The first-order valence-corrected chi connectivity index (χ1v) is 34.7. The molecule has 5 heterocycles.